The van der Waals surface area contributed by atoms with Gasteiger partial charge in [0.05, 0.1) is 0 Å². The number of fused-ring (bicyclic) bond motifs is 5. The van der Waals surface area contributed by atoms with Gasteiger partial charge in [-0.1, -0.05) is 32.9 Å². The summed E-state index contributed by atoms with van der Waals surface area (Å²) in [5.74, 6) is 2.28. The molecule has 0 aliphatic heterocycles. The first-order valence-electron chi connectivity index (χ1n) is 9.58. The molecule has 3 saturated carbocycles. The van der Waals surface area contributed by atoms with Gasteiger partial charge in [0.2, 0.25) is 0 Å². The van der Waals surface area contributed by atoms with Crippen molar-refractivity contribution in [1.82, 2.24) is 0 Å². The van der Waals surface area contributed by atoms with Crippen molar-refractivity contribution in [1.29, 1.82) is 0 Å². The fraction of sp³-hybridized carbons (Fsp3) is 0.636. The molecule has 0 aromatic rings. The smallest absolute Gasteiger partial charge is 0.178 e. The van der Waals surface area contributed by atoms with Crippen molar-refractivity contribution in [2.24, 2.45) is 28.6 Å². The zero-order valence-electron chi connectivity index (χ0n) is 15.1. The van der Waals surface area contributed by atoms with E-state index in [0.717, 1.165) is 38.5 Å². The molecule has 0 saturated heterocycles. The summed E-state index contributed by atoms with van der Waals surface area (Å²) >= 11 is 0. The highest BCUT2D eigenvalue weighted by Crippen LogP contribution is 2.64. The van der Waals surface area contributed by atoms with E-state index in [-0.39, 0.29) is 16.6 Å². The highest BCUT2D eigenvalue weighted by atomic mass is 16.1. The number of hydrogen-bond acceptors (Lipinski definition) is 2. The molecule has 24 heavy (non-hydrogen) atoms. The van der Waals surface area contributed by atoms with Gasteiger partial charge >= 0.3 is 0 Å². The van der Waals surface area contributed by atoms with Crippen LogP contribution >= 0.6 is 0 Å². The summed E-state index contributed by atoms with van der Waals surface area (Å²) in [6, 6.07) is 0. The Morgan fingerprint density at radius 2 is 2.00 bits per heavy atom. The third-order valence-electron chi connectivity index (χ3n) is 7.63. The van der Waals surface area contributed by atoms with Crippen LogP contribution in [-0.4, -0.2) is 11.6 Å². The van der Waals surface area contributed by atoms with Gasteiger partial charge in [0.1, 0.15) is 5.78 Å². The Hall–Kier alpha value is -1.44. The van der Waals surface area contributed by atoms with Crippen LogP contribution in [0.1, 0.15) is 59.3 Å². The molecule has 3 fully saturated rings. The molecular weight excluding hydrogens is 296 g/mol. The maximum absolute atomic E-state index is 12.5. The van der Waals surface area contributed by atoms with Crippen molar-refractivity contribution in [3.05, 3.63) is 35.5 Å². The monoisotopic (exact) mass is 324 g/mol. The molecule has 5 atom stereocenters. The van der Waals surface area contributed by atoms with Crippen molar-refractivity contribution in [2.45, 2.75) is 59.3 Å². The van der Waals surface area contributed by atoms with Crippen molar-refractivity contribution < 1.29 is 9.59 Å². The second-order valence-electron chi connectivity index (χ2n) is 8.71. The maximum Gasteiger partial charge on any atom is 0.178 e. The standard InChI is InChI=1S/C22H28O2/c1-4-5-14-12-16-17-6-7-20(24)22(17,3)11-9-18(16)21(2)10-8-15(23)13-19(14)21/h5,8,10,13,16-18H,4,6-7,9,11-12H2,1-3H3/t16-,17-,18-,21+,22-/m0/s1. The molecule has 128 valence electrons. The van der Waals surface area contributed by atoms with Crippen LogP contribution in [0.15, 0.2) is 35.5 Å². The van der Waals surface area contributed by atoms with E-state index in [0.29, 0.717) is 23.5 Å². The summed E-state index contributed by atoms with van der Waals surface area (Å²) in [6.45, 7) is 6.71. The highest BCUT2D eigenvalue weighted by Gasteiger charge is 2.59. The first kappa shape index (κ1) is 16.1. The largest absolute Gasteiger partial charge is 0.299 e. The van der Waals surface area contributed by atoms with Gasteiger partial charge in [-0.2, -0.15) is 0 Å². The van der Waals surface area contributed by atoms with Gasteiger partial charge in [0, 0.05) is 17.3 Å². The van der Waals surface area contributed by atoms with E-state index in [2.05, 4.69) is 32.9 Å². The molecule has 2 heteroatoms. The molecule has 0 unspecified atom stereocenters. The van der Waals surface area contributed by atoms with Gasteiger partial charge < -0.3 is 0 Å². The topological polar surface area (TPSA) is 34.1 Å². The molecule has 0 N–H and O–H groups in total. The quantitative estimate of drug-likeness (QED) is 0.693. The number of carbonyl (C=O) groups excluding carboxylic acids is 2. The zero-order valence-corrected chi connectivity index (χ0v) is 15.1. The van der Waals surface area contributed by atoms with Crippen LogP contribution in [-0.2, 0) is 9.59 Å². The van der Waals surface area contributed by atoms with E-state index in [1.807, 2.05) is 6.08 Å². The van der Waals surface area contributed by atoms with Gasteiger partial charge in [-0.25, -0.2) is 0 Å². The Labute approximate surface area is 145 Å². The Bertz CT molecular complexity index is 695. The Balaban J connectivity index is 1.80. The third kappa shape index (κ3) is 2.01. The van der Waals surface area contributed by atoms with Crippen molar-refractivity contribution in [3.8, 4) is 0 Å². The van der Waals surface area contributed by atoms with Crippen molar-refractivity contribution in [2.75, 3.05) is 0 Å². The van der Waals surface area contributed by atoms with E-state index in [1.165, 1.54) is 11.1 Å². The molecule has 0 spiro atoms. The molecule has 0 bridgehead atoms. The summed E-state index contributed by atoms with van der Waals surface area (Å²) < 4.78 is 0. The third-order valence-corrected chi connectivity index (χ3v) is 7.63. The molecule has 0 heterocycles. The maximum atomic E-state index is 12.5. The molecule has 2 nitrogen and oxygen atoms in total. The molecule has 4 aliphatic carbocycles. The van der Waals surface area contributed by atoms with E-state index in [9.17, 15) is 9.59 Å². The first-order valence-corrected chi connectivity index (χ1v) is 9.58. The van der Waals surface area contributed by atoms with E-state index in [4.69, 9.17) is 0 Å². The zero-order chi connectivity index (χ0) is 17.1. The number of Topliss-reactive ketones (excluding diaryl/α,β-unsaturated/α-hetero) is 1. The Morgan fingerprint density at radius 3 is 2.75 bits per heavy atom. The molecular formula is C22H28O2. The Kier molecular flexibility index (Phi) is 3.53. The minimum Gasteiger partial charge on any atom is -0.299 e. The van der Waals surface area contributed by atoms with Crippen LogP contribution in [0.5, 0.6) is 0 Å². The number of carbonyl (C=O) groups is 2. The lowest BCUT2D eigenvalue weighted by molar-refractivity contribution is -0.131. The SMILES string of the molecule is CCC=C1C[C@@H]2[C@H](CC[C@]3(C)C(=O)CC[C@@H]23)[C@@]2(C)C=CC(=O)C=C12. The van der Waals surface area contributed by atoms with Crippen LogP contribution in [0.3, 0.4) is 0 Å². The van der Waals surface area contributed by atoms with Gasteiger partial charge in [-0.05, 0) is 73.2 Å². The predicted octanol–water partition coefficient (Wildman–Crippen LogP) is 4.81. The molecule has 0 aromatic heterocycles. The number of hydrogen-bond donors (Lipinski definition) is 0. The summed E-state index contributed by atoms with van der Waals surface area (Å²) in [5.41, 5.74) is 2.49. The molecule has 0 aromatic carbocycles. The van der Waals surface area contributed by atoms with E-state index in [1.54, 1.807) is 6.08 Å². The second kappa shape index (κ2) is 5.28. The first-order chi connectivity index (χ1) is 11.4. The second-order valence-corrected chi connectivity index (χ2v) is 8.71. The molecule has 4 rings (SSSR count). The highest BCUT2D eigenvalue weighted by molar-refractivity contribution is 6.02. The van der Waals surface area contributed by atoms with E-state index >= 15 is 0 Å². The van der Waals surface area contributed by atoms with Gasteiger partial charge in [-0.15, -0.1) is 0 Å². The van der Waals surface area contributed by atoms with E-state index < -0.39 is 0 Å². The normalized spacial score (nSPS) is 45.7. The summed E-state index contributed by atoms with van der Waals surface area (Å²) in [6.07, 6.45) is 14.1. The van der Waals surface area contributed by atoms with Crippen LogP contribution in [0.25, 0.3) is 0 Å². The minimum absolute atomic E-state index is 0.0369. The van der Waals surface area contributed by atoms with Crippen LogP contribution < -0.4 is 0 Å². The molecule has 0 amide bonds. The van der Waals surface area contributed by atoms with Gasteiger partial charge in [0.15, 0.2) is 5.78 Å². The van der Waals surface area contributed by atoms with Gasteiger partial charge in [-0.3, -0.25) is 9.59 Å². The molecule has 0 radical (unpaired) electrons. The fourth-order valence-electron chi connectivity index (χ4n) is 6.34. The van der Waals surface area contributed by atoms with Crippen LogP contribution in [0.2, 0.25) is 0 Å². The number of rotatable bonds is 1. The lowest BCUT2D eigenvalue weighted by Crippen LogP contribution is -2.50. The summed E-state index contributed by atoms with van der Waals surface area (Å²) in [7, 11) is 0. The van der Waals surface area contributed by atoms with Crippen molar-refractivity contribution >= 4 is 11.6 Å². The summed E-state index contributed by atoms with van der Waals surface area (Å²) in [4.78, 5) is 24.5. The van der Waals surface area contributed by atoms with Crippen LogP contribution in [0.4, 0.5) is 0 Å². The number of allylic oxidation sites excluding steroid dienone is 6. The lowest BCUT2D eigenvalue weighted by Gasteiger charge is -2.56. The summed E-state index contributed by atoms with van der Waals surface area (Å²) in [5, 5.41) is 0. The lowest BCUT2D eigenvalue weighted by atomic mass is 9.47. The minimum atomic E-state index is -0.0930. The van der Waals surface area contributed by atoms with Crippen molar-refractivity contribution in [3.63, 3.8) is 0 Å². The van der Waals surface area contributed by atoms with Crippen LogP contribution in [0, 0.1) is 28.6 Å². The Morgan fingerprint density at radius 1 is 1.21 bits per heavy atom. The average Bonchev–Trinajstić information content (AvgIpc) is 2.85. The fourth-order valence-corrected chi connectivity index (χ4v) is 6.34. The predicted molar refractivity (Wildman–Crippen MR) is 95.4 cm³/mol. The average molecular weight is 324 g/mol. The van der Waals surface area contributed by atoms with Gasteiger partial charge in [0.25, 0.3) is 0 Å². The number of ketones is 2. The molecule has 4 aliphatic rings.